The van der Waals surface area contributed by atoms with Gasteiger partial charge in [0.1, 0.15) is 19.4 Å². The fourth-order valence-corrected chi connectivity index (χ4v) is 1.82. The highest BCUT2D eigenvalue weighted by Gasteiger charge is 2.18. The molecule has 0 fully saturated rings. The Morgan fingerprint density at radius 1 is 1.35 bits per heavy atom. The minimum absolute atomic E-state index is 0.427. The summed E-state index contributed by atoms with van der Waals surface area (Å²) in [6.07, 6.45) is -1.06. The van der Waals surface area contributed by atoms with Crippen LogP contribution in [0.15, 0.2) is 12.1 Å². The molecule has 4 nitrogen and oxygen atoms in total. The summed E-state index contributed by atoms with van der Waals surface area (Å²) in [5.74, 6) is 1.27. The lowest BCUT2D eigenvalue weighted by Crippen LogP contribution is -2.18. The number of halogens is 1. The predicted octanol–water partition coefficient (Wildman–Crippen LogP) is 2.14. The topological polar surface area (TPSA) is 39.7 Å². The maximum Gasteiger partial charge on any atom is 0.161 e. The minimum atomic E-state index is -1.06. The van der Waals surface area contributed by atoms with Crippen molar-refractivity contribution in [3.05, 3.63) is 23.3 Å². The van der Waals surface area contributed by atoms with Gasteiger partial charge in [0, 0.05) is 6.54 Å². The molecule has 5 heteroatoms. The van der Waals surface area contributed by atoms with Crippen LogP contribution in [-0.2, 0) is 11.4 Å². The summed E-state index contributed by atoms with van der Waals surface area (Å²) < 4.78 is 24.4. The lowest BCUT2D eigenvalue weighted by molar-refractivity contribution is 0.0860. The molecule has 1 aromatic carbocycles. The van der Waals surface area contributed by atoms with Crippen LogP contribution in [-0.4, -0.2) is 20.3 Å². The smallest absolute Gasteiger partial charge is 0.161 e. The number of hydrogen-bond donors (Lipinski definition) is 1. The molecule has 17 heavy (non-hydrogen) atoms. The van der Waals surface area contributed by atoms with Crippen LogP contribution < -0.4 is 15.0 Å². The maximum absolute atomic E-state index is 13.5. The molecule has 94 valence electrons. The summed E-state index contributed by atoms with van der Waals surface area (Å²) in [6.45, 7) is 2.95. The minimum Gasteiger partial charge on any atom is -0.486 e. The van der Waals surface area contributed by atoms with Crippen molar-refractivity contribution in [2.24, 2.45) is 0 Å². The van der Waals surface area contributed by atoms with E-state index in [1.54, 1.807) is 12.1 Å². The van der Waals surface area contributed by atoms with E-state index in [0.717, 1.165) is 5.56 Å². The highest BCUT2D eigenvalue weighted by molar-refractivity contribution is 5.48. The van der Waals surface area contributed by atoms with E-state index in [1.165, 1.54) is 14.0 Å². The van der Waals surface area contributed by atoms with Gasteiger partial charge >= 0.3 is 0 Å². The molecular formula is C12H16FNO3. The van der Waals surface area contributed by atoms with E-state index in [2.05, 4.69) is 5.48 Å². The quantitative estimate of drug-likeness (QED) is 0.820. The van der Waals surface area contributed by atoms with Gasteiger partial charge in [0.2, 0.25) is 0 Å². The zero-order chi connectivity index (χ0) is 12.3. The first-order valence-electron chi connectivity index (χ1n) is 5.54. The van der Waals surface area contributed by atoms with Crippen LogP contribution in [0.5, 0.6) is 11.5 Å². The predicted molar refractivity (Wildman–Crippen MR) is 60.8 cm³/mol. The van der Waals surface area contributed by atoms with E-state index < -0.39 is 6.17 Å². The molecule has 0 saturated carbocycles. The summed E-state index contributed by atoms with van der Waals surface area (Å²) in [4.78, 5) is 4.78. The third-order valence-electron chi connectivity index (χ3n) is 2.64. The summed E-state index contributed by atoms with van der Waals surface area (Å²) in [6, 6.07) is 3.50. The Hall–Kier alpha value is -1.33. The van der Waals surface area contributed by atoms with Gasteiger partial charge < -0.3 is 14.3 Å². The standard InChI is InChI=1S/C12H16FNO3/c1-8(13)10-6-12-11(16-3-4-17-12)5-9(10)7-14-15-2/h5-6,8,14H,3-4,7H2,1-2H3. The van der Waals surface area contributed by atoms with Gasteiger partial charge in [0.05, 0.1) is 7.11 Å². The number of benzene rings is 1. The van der Waals surface area contributed by atoms with Crippen LogP contribution in [0.4, 0.5) is 4.39 Å². The third kappa shape index (κ3) is 2.68. The van der Waals surface area contributed by atoms with Gasteiger partial charge in [-0.25, -0.2) is 4.39 Å². The Morgan fingerprint density at radius 2 is 2.00 bits per heavy atom. The van der Waals surface area contributed by atoms with Crippen LogP contribution >= 0.6 is 0 Å². The van der Waals surface area contributed by atoms with Gasteiger partial charge in [-0.1, -0.05) is 0 Å². The van der Waals surface area contributed by atoms with Gasteiger partial charge in [-0.2, -0.15) is 5.48 Å². The third-order valence-corrected chi connectivity index (χ3v) is 2.64. The molecular weight excluding hydrogens is 225 g/mol. The van der Waals surface area contributed by atoms with E-state index in [4.69, 9.17) is 14.3 Å². The highest BCUT2D eigenvalue weighted by Crippen LogP contribution is 2.36. The first-order valence-corrected chi connectivity index (χ1v) is 5.54. The summed E-state index contributed by atoms with van der Waals surface area (Å²) in [5, 5.41) is 0. The van der Waals surface area contributed by atoms with E-state index in [1.807, 2.05) is 0 Å². The van der Waals surface area contributed by atoms with Gasteiger partial charge in [0.25, 0.3) is 0 Å². The monoisotopic (exact) mass is 241 g/mol. The van der Waals surface area contributed by atoms with E-state index in [0.29, 0.717) is 36.8 Å². The molecule has 0 radical (unpaired) electrons. The summed E-state index contributed by atoms with van der Waals surface area (Å²) >= 11 is 0. The zero-order valence-corrected chi connectivity index (χ0v) is 9.96. The molecule has 0 spiro atoms. The molecule has 1 aliphatic heterocycles. The van der Waals surface area contributed by atoms with Crippen molar-refractivity contribution in [1.29, 1.82) is 0 Å². The lowest BCUT2D eigenvalue weighted by Gasteiger charge is -2.21. The van der Waals surface area contributed by atoms with Crippen molar-refractivity contribution < 1.29 is 18.7 Å². The molecule has 2 rings (SSSR count). The number of hydroxylamine groups is 1. The molecule has 1 atom stereocenters. The summed E-state index contributed by atoms with van der Waals surface area (Å²) in [7, 11) is 1.52. The van der Waals surface area contributed by atoms with Crippen molar-refractivity contribution in [2.75, 3.05) is 20.3 Å². The van der Waals surface area contributed by atoms with Gasteiger partial charge in [-0.3, -0.25) is 0 Å². The number of alkyl halides is 1. The Bertz CT molecular complexity index is 396. The second-order valence-corrected chi connectivity index (χ2v) is 3.84. The molecule has 1 aromatic rings. The van der Waals surface area contributed by atoms with Crippen LogP contribution in [0.3, 0.4) is 0 Å². The van der Waals surface area contributed by atoms with Crippen molar-refractivity contribution >= 4 is 0 Å². The Balaban J connectivity index is 2.33. The largest absolute Gasteiger partial charge is 0.486 e. The van der Waals surface area contributed by atoms with Gasteiger partial charge in [0.15, 0.2) is 11.5 Å². The van der Waals surface area contributed by atoms with Crippen LogP contribution in [0, 0.1) is 0 Å². The molecule has 1 N–H and O–H groups in total. The first-order chi connectivity index (χ1) is 8.22. The number of nitrogens with one attached hydrogen (secondary N) is 1. The van der Waals surface area contributed by atoms with Gasteiger partial charge in [-0.05, 0) is 30.2 Å². The first kappa shape index (κ1) is 12.1. The van der Waals surface area contributed by atoms with Crippen LogP contribution in [0.2, 0.25) is 0 Å². The molecule has 0 aliphatic carbocycles. The number of ether oxygens (including phenoxy) is 2. The van der Waals surface area contributed by atoms with Crippen molar-refractivity contribution in [1.82, 2.24) is 5.48 Å². The Kier molecular flexibility index (Phi) is 3.81. The fourth-order valence-electron chi connectivity index (χ4n) is 1.82. The normalized spacial score (nSPS) is 15.7. The lowest BCUT2D eigenvalue weighted by atomic mass is 10.0. The van der Waals surface area contributed by atoms with Crippen molar-refractivity contribution in [3.63, 3.8) is 0 Å². The molecule has 1 aliphatic rings. The molecule has 1 unspecified atom stereocenters. The second-order valence-electron chi connectivity index (χ2n) is 3.84. The number of rotatable bonds is 4. The SMILES string of the molecule is CONCc1cc2c(cc1C(C)F)OCCO2. The molecule has 0 bridgehead atoms. The van der Waals surface area contributed by atoms with E-state index in [-0.39, 0.29) is 0 Å². The fraction of sp³-hybridized carbons (Fsp3) is 0.500. The average molecular weight is 241 g/mol. The molecule has 0 aromatic heterocycles. The molecule has 1 heterocycles. The molecule has 0 saturated heterocycles. The van der Waals surface area contributed by atoms with E-state index in [9.17, 15) is 4.39 Å². The summed E-state index contributed by atoms with van der Waals surface area (Å²) in [5.41, 5.74) is 4.11. The Labute approximate surface area is 99.6 Å². The second kappa shape index (κ2) is 5.33. The van der Waals surface area contributed by atoms with E-state index >= 15 is 0 Å². The number of fused-ring (bicyclic) bond motifs is 1. The Morgan fingerprint density at radius 3 is 2.59 bits per heavy atom. The van der Waals surface area contributed by atoms with Crippen LogP contribution in [0.25, 0.3) is 0 Å². The zero-order valence-electron chi connectivity index (χ0n) is 9.96. The van der Waals surface area contributed by atoms with Crippen molar-refractivity contribution in [3.8, 4) is 11.5 Å². The maximum atomic E-state index is 13.5. The van der Waals surface area contributed by atoms with Gasteiger partial charge in [-0.15, -0.1) is 0 Å². The highest BCUT2D eigenvalue weighted by atomic mass is 19.1. The molecule has 0 amide bonds. The van der Waals surface area contributed by atoms with Crippen LogP contribution in [0.1, 0.15) is 24.2 Å². The number of hydrogen-bond acceptors (Lipinski definition) is 4. The average Bonchev–Trinajstić information content (AvgIpc) is 2.35. The van der Waals surface area contributed by atoms with Crippen molar-refractivity contribution in [2.45, 2.75) is 19.6 Å².